The molecule has 0 saturated heterocycles. The third-order valence-electron chi connectivity index (χ3n) is 3.95. The second-order valence-electron chi connectivity index (χ2n) is 5.69. The van der Waals surface area contributed by atoms with E-state index in [9.17, 15) is 14.7 Å². The van der Waals surface area contributed by atoms with Crippen LogP contribution in [0.15, 0.2) is 48.5 Å². The van der Waals surface area contributed by atoms with Gasteiger partial charge in [0.1, 0.15) is 0 Å². The zero-order valence-corrected chi connectivity index (χ0v) is 13.6. The summed E-state index contributed by atoms with van der Waals surface area (Å²) in [6.07, 6.45) is 0.783. The Labute approximate surface area is 136 Å². The molecule has 0 amide bonds. The van der Waals surface area contributed by atoms with Gasteiger partial charge in [-0.3, -0.25) is 4.79 Å². The summed E-state index contributed by atoms with van der Waals surface area (Å²) in [7, 11) is 3.86. The maximum absolute atomic E-state index is 12.8. The largest absolute Gasteiger partial charge is 0.478 e. The van der Waals surface area contributed by atoms with Gasteiger partial charge in [-0.1, -0.05) is 37.3 Å². The molecule has 0 aliphatic rings. The lowest BCUT2D eigenvalue weighted by atomic mass is 9.91. The molecule has 1 atom stereocenters. The minimum absolute atomic E-state index is 0.0167. The molecule has 4 nitrogen and oxygen atoms in total. The predicted octanol–water partition coefficient (Wildman–Crippen LogP) is 3.63. The van der Waals surface area contributed by atoms with Crippen LogP contribution >= 0.6 is 0 Å². The van der Waals surface area contributed by atoms with Gasteiger partial charge in [0.25, 0.3) is 0 Å². The summed E-state index contributed by atoms with van der Waals surface area (Å²) in [6.45, 7) is 2.02. The number of hydrogen-bond acceptors (Lipinski definition) is 3. The Balaban J connectivity index is 2.58. The van der Waals surface area contributed by atoms with Gasteiger partial charge in [-0.05, 0) is 44.3 Å². The first-order chi connectivity index (χ1) is 11.0. The van der Waals surface area contributed by atoms with Gasteiger partial charge in [0.2, 0.25) is 0 Å². The van der Waals surface area contributed by atoms with E-state index in [0.29, 0.717) is 11.1 Å². The quantitative estimate of drug-likeness (QED) is 0.828. The van der Waals surface area contributed by atoms with Crippen LogP contribution in [0.5, 0.6) is 0 Å². The summed E-state index contributed by atoms with van der Waals surface area (Å²) in [5, 5.41) is 9.25. The van der Waals surface area contributed by atoms with Crippen molar-refractivity contribution in [1.82, 2.24) is 4.90 Å². The van der Waals surface area contributed by atoms with Crippen LogP contribution in [0.4, 0.5) is 0 Å². The van der Waals surface area contributed by atoms with Crippen LogP contribution in [0.1, 0.15) is 51.2 Å². The molecular weight excluding hydrogens is 290 g/mol. The van der Waals surface area contributed by atoms with Gasteiger partial charge in [0.05, 0.1) is 5.56 Å². The molecule has 0 bridgehead atoms. The topological polar surface area (TPSA) is 57.6 Å². The zero-order chi connectivity index (χ0) is 17.0. The molecule has 4 heteroatoms. The standard InChI is InChI=1S/C19H21NO3/c1-4-17(20(2)3)16-12-14(19(22)23)10-11-15(16)18(21)13-8-6-5-7-9-13/h5-12,17H,4H2,1-3H3,(H,22,23). The minimum Gasteiger partial charge on any atom is -0.478 e. The lowest BCUT2D eigenvalue weighted by Gasteiger charge is -2.25. The van der Waals surface area contributed by atoms with Crippen LogP contribution in [0.2, 0.25) is 0 Å². The Hall–Kier alpha value is -2.46. The Bertz CT molecular complexity index is 708. The van der Waals surface area contributed by atoms with Crippen molar-refractivity contribution in [3.8, 4) is 0 Å². The number of rotatable bonds is 6. The summed E-state index contributed by atoms with van der Waals surface area (Å²) < 4.78 is 0. The third-order valence-corrected chi connectivity index (χ3v) is 3.95. The Morgan fingerprint density at radius 1 is 1.04 bits per heavy atom. The molecule has 0 radical (unpaired) electrons. The number of aromatic carboxylic acids is 1. The van der Waals surface area contributed by atoms with Crippen molar-refractivity contribution in [2.75, 3.05) is 14.1 Å². The molecule has 23 heavy (non-hydrogen) atoms. The van der Waals surface area contributed by atoms with E-state index in [0.717, 1.165) is 12.0 Å². The molecule has 120 valence electrons. The number of carbonyl (C=O) groups is 2. The first-order valence-electron chi connectivity index (χ1n) is 7.59. The summed E-state index contributed by atoms with van der Waals surface area (Å²) >= 11 is 0. The highest BCUT2D eigenvalue weighted by Crippen LogP contribution is 2.28. The molecule has 0 aromatic heterocycles. The van der Waals surface area contributed by atoms with Gasteiger partial charge in [0.15, 0.2) is 5.78 Å². The van der Waals surface area contributed by atoms with Gasteiger partial charge < -0.3 is 10.0 Å². The number of ketones is 1. The molecule has 2 aromatic rings. The predicted molar refractivity (Wildman–Crippen MR) is 90.0 cm³/mol. The van der Waals surface area contributed by atoms with Crippen LogP contribution in [-0.2, 0) is 0 Å². The van der Waals surface area contributed by atoms with Crippen LogP contribution in [0, 0.1) is 0 Å². The fraction of sp³-hybridized carbons (Fsp3) is 0.263. The molecule has 2 rings (SSSR count). The Kier molecular flexibility index (Phi) is 5.29. The highest BCUT2D eigenvalue weighted by Gasteiger charge is 2.22. The highest BCUT2D eigenvalue weighted by molar-refractivity contribution is 6.10. The van der Waals surface area contributed by atoms with E-state index in [1.807, 2.05) is 44.1 Å². The van der Waals surface area contributed by atoms with Crippen molar-refractivity contribution >= 4 is 11.8 Å². The first kappa shape index (κ1) is 16.9. The van der Waals surface area contributed by atoms with Gasteiger partial charge in [0, 0.05) is 17.2 Å². The zero-order valence-electron chi connectivity index (χ0n) is 13.6. The molecule has 0 spiro atoms. The molecule has 1 N–H and O–H groups in total. The van der Waals surface area contributed by atoms with Crippen LogP contribution in [0.3, 0.4) is 0 Å². The first-order valence-corrected chi connectivity index (χ1v) is 7.59. The lowest BCUT2D eigenvalue weighted by molar-refractivity contribution is 0.0696. The molecule has 0 aliphatic heterocycles. The average Bonchev–Trinajstić information content (AvgIpc) is 2.55. The van der Waals surface area contributed by atoms with Crippen molar-refractivity contribution in [2.24, 2.45) is 0 Å². The number of nitrogens with zero attached hydrogens (tertiary/aromatic N) is 1. The highest BCUT2D eigenvalue weighted by atomic mass is 16.4. The molecule has 0 fully saturated rings. The molecular formula is C19H21NO3. The van der Waals surface area contributed by atoms with E-state index < -0.39 is 5.97 Å². The lowest BCUT2D eigenvalue weighted by Crippen LogP contribution is -2.22. The second-order valence-corrected chi connectivity index (χ2v) is 5.69. The van der Waals surface area contributed by atoms with E-state index in [-0.39, 0.29) is 17.4 Å². The smallest absolute Gasteiger partial charge is 0.335 e. The number of carbonyl (C=O) groups excluding carboxylic acids is 1. The normalized spacial score (nSPS) is 12.2. The number of carboxylic acids is 1. The number of hydrogen-bond donors (Lipinski definition) is 1. The van der Waals surface area contributed by atoms with Crippen molar-refractivity contribution in [1.29, 1.82) is 0 Å². The van der Waals surface area contributed by atoms with E-state index in [2.05, 4.69) is 0 Å². The van der Waals surface area contributed by atoms with Gasteiger partial charge in [-0.15, -0.1) is 0 Å². The Morgan fingerprint density at radius 2 is 1.70 bits per heavy atom. The van der Waals surface area contributed by atoms with Crippen LogP contribution < -0.4 is 0 Å². The minimum atomic E-state index is -0.987. The maximum Gasteiger partial charge on any atom is 0.335 e. The monoisotopic (exact) mass is 311 g/mol. The van der Waals surface area contributed by atoms with E-state index in [1.165, 1.54) is 6.07 Å². The van der Waals surface area contributed by atoms with Crippen molar-refractivity contribution < 1.29 is 14.7 Å². The van der Waals surface area contributed by atoms with E-state index in [4.69, 9.17) is 0 Å². The van der Waals surface area contributed by atoms with Gasteiger partial charge >= 0.3 is 5.97 Å². The average molecular weight is 311 g/mol. The second kappa shape index (κ2) is 7.20. The fourth-order valence-corrected chi connectivity index (χ4v) is 2.79. The molecule has 2 aromatic carbocycles. The molecule has 0 aliphatic carbocycles. The van der Waals surface area contributed by atoms with E-state index in [1.54, 1.807) is 24.3 Å². The summed E-state index contributed by atoms with van der Waals surface area (Å²) in [5.74, 6) is -1.07. The Morgan fingerprint density at radius 3 is 2.22 bits per heavy atom. The van der Waals surface area contributed by atoms with E-state index >= 15 is 0 Å². The summed E-state index contributed by atoms with van der Waals surface area (Å²) in [6, 6.07) is 13.8. The molecule has 0 saturated carbocycles. The van der Waals surface area contributed by atoms with Crippen LogP contribution in [0.25, 0.3) is 0 Å². The molecule has 1 unspecified atom stereocenters. The van der Waals surface area contributed by atoms with Gasteiger partial charge in [-0.25, -0.2) is 4.79 Å². The molecule has 0 heterocycles. The van der Waals surface area contributed by atoms with Crippen molar-refractivity contribution in [3.63, 3.8) is 0 Å². The number of carboxylic acid groups (broad SMARTS) is 1. The van der Waals surface area contributed by atoms with Crippen LogP contribution in [-0.4, -0.2) is 35.9 Å². The van der Waals surface area contributed by atoms with Gasteiger partial charge in [-0.2, -0.15) is 0 Å². The summed E-state index contributed by atoms with van der Waals surface area (Å²) in [4.78, 5) is 26.1. The summed E-state index contributed by atoms with van der Waals surface area (Å²) in [5.41, 5.74) is 2.11. The third kappa shape index (κ3) is 3.66. The van der Waals surface area contributed by atoms with Crippen molar-refractivity contribution in [3.05, 3.63) is 70.8 Å². The maximum atomic E-state index is 12.8. The van der Waals surface area contributed by atoms with Crippen molar-refractivity contribution in [2.45, 2.75) is 19.4 Å². The number of benzene rings is 2. The SMILES string of the molecule is CCC(c1cc(C(=O)O)ccc1C(=O)c1ccccc1)N(C)C. The fourth-order valence-electron chi connectivity index (χ4n) is 2.79.